The molecule has 0 radical (unpaired) electrons. The van der Waals surface area contributed by atoms with Crippen LogP contribution < -0.4 is 10.1 Å². The van der Waals surface area contributed by atoms with Gasteiger partial charge in [0.15, 0.2) is 6.61 Å². The lowest BCUT2D eigenvalue weighted by Gasteiger charge is -2.09. The fourth-order valence-electron chi connectivity index (χ4n) is 2.72. The molecule has 1 aromatic heterocycles. The van der Waals surface area contributed by atoms with E-state index in [2.05, 4.69) is 34.3 Å². The fraction of sp³-hybridized carbons (Fsp3) is 0.250. The molecule has 1 amide bonds. The van der Waals surface area contributed by atoms with Crippen LogP contribution in [0.1, 0.15) is 12.0 Å². The van der Waals surface area contributed by atoms with Crippen LogP contribution in [0.4, 0.5) is 0 Å². The van der Waals surface area contributed by atoms with E-state index in [0.717, 1.165) is 24.3 Å². The number of aryl methyl sites for hydroxylation is 2. The first-order valence-electron chi connectivity index (χ1n) is 8.22. The Kier molecular flexibility index (Phi) is 5.16. The maximum atomic E-state index is 11.8. The van der Waals surface area contributed by atoms with Gasteiger partial charge in [-0.3, -0.25) is 4.79 Å². The molecule has 0 aliphatic heterocycles. The quantitative estimate of drug-likeness (QED) is 0.676. The van der Waals surface area contributed by atoms with E-state index in [-0.39, 0.29) is 12.5 Å². The minimum absolute atomic E-state index is 0.0515. The molecule has 4 heteroatoms. The van der Waals surface area contributed by atoms with Crippen LogP contribution in [0.5, 0.6) is 5.75 Å². The Balaban J connectivity index is 1.39. The summed E-state index contributed by atoms with van der Waals surface area (Å²) in [4.78, 5) is 11.8. The summed E-state index contributed by atoms with van der Waals surface area (Å²) in [6.07, 6.45) is 2.97. The van der Waals surface area contributed by atoms with Gasteiger partial charge in [-0.05, 0) is 48.6 Å². The molecular formula is C20H22N2O2. The van der Waals surface area contributed by atoms with Gasteiger partial charge in [0.1, 0.15) is 5.75 Å². The Morgan fingerprint density at radius 2 is 2.00 bits per heavy atom. The lowest BCUT2D eigenvalue weighted by Crippen LogP contribution is -2.30. The van der Waals surface area contributed by atoms with E-state index in [0.29, 0.717) is 6.54 Å². The molecular weight excluding hydrogens is 300 g/mol. The average Bonchev–Trinajstić information content (AvgIpc) is 3.00. The molecule has 1 N–H and O–H groups in total. The second-order valence-corrected chi connectivity index (χ2v) is 5.88. The molecule has 3 aromatic rings. The number of para-hydroxylation sites is 1. The van der Waals surface area contributed by atoms with E-state index in [9.17, 15) is 4.79 Å². The molecule has 0 saturated heterocycles. The van der Waals surface area contributed by atoms with Crippen LogP contribution >= 0.6 is 0 Å². The van der Waals surface area contributed by atoms with Crippen molar-refractivity contribution in [3.8, 4) is 5.75 Å². The molecule has 1 heterocycles. The van der Waals surface area contributed by atoms with Crippen LogP contribution in [0, 0.1) is 6.92 Å². The molecule has 3 rings (SSSR count). The number of amides is 1. The highest BCUT2D eigenvalue weighted by Crippen LogP contribution is 2.15. The number of carbonyl (C=O) groups is 1. The number of ether oxygens (including phenoxy) is 1. The molecule has 0 atom stereocenters. The van der Waals surface area contributed by atoms with Gasteiger partial charge in [-0.2, -0.15) is 0 Å². The Morgan fingerprint density at radius 1 is 1.12 bits per heavy atom. The molecule has 0 bridgehead atoms. The van der Waals surface area contributed by atoms with Gasteiger partial charge >= 0.3 is 0 Å². The van der Waals surface area contributed by atoms with E-state index in [4.69, 9.17) is 4.74 Å². The lowest BCUT2D eigenvalue weighted by atomic mass is 10.2. The van der Waals surface area contributed by atoms with Crippen LogP contribution in [-0.2, 0) is 11.3 Å². The summed E-state index contributed by atoms with van der Waals surface area (Å²) in [7, 11) is 0. The molecule has 0 saturated carbocycles. The van der Waals surface area contributed by atoms with Gasteiger partial charge in [0.25, 0.3) is 5.91 Å². The van der Waals surface area contributed by atoms with Gasteiger partial charge in [-0.1, -0.05) is 30.3 Å². The highest BCUT2D eigenvalue weighted by Gasteiger charge is 2.03. The summed E-state index contributed by atoms with van der Waals surface area (Å²) < 4.78 is 7.70. The predicted octanol–water partition coefficient (Wildman–Crippen LogP) is 3.54. The molecule has 0 fully saturated rings. The summed E-state index contributed by atoms with van der Waals surface area (Å²) >= 11 is 0. The maximum Gasteiger partial charge on any atom is 0.257 e. The van der Waals surface area contributed by atoms with Crippen LogP contribution in [0.2, 0.25) is 0 Å². The minimum Gasteiger partial charge on any atom is -0.484 e. The number of nitrogens with one attached hydrogen (secondary N) is 1. The molecule has 24 heavy (non-hydrogen) atoms. The molecule has 124 valence electrons. The first-order valence-corrected chi connectivity index (χ1v) is 8.22. The van der Waals surface area contributed by atoms with Crippen molar-refractivity contribution in [2.24, 2.45) is 0 Å². The van der Waals surface area contributed by atoms with Gasteiger partial charge in [0.05, 0.1) is 0 Å². The Bertz CT molecular complexity index is 823. The standard InChI is InChI=1S/C20H22N2O2/c1-16-6-4-8-18(14-16)24-15-20(23)21-11-5-12-22-13-10-17-7-2-3-9-19(17)22/h2-4,6-10,13-14H,5,11-12,15H2,1H3,(H,21,23). The number of hydrogen-bond acceptors (Lipinski definition) is 2. The normalized spacial score (nSPS) is 10.7. The SMILES string of the molecule is Cc1cccc(OCC(=O)NCCCn2ccc3ccccc32)c1. The topological polar surface area (TPSA) is 43.3 Å². The highest BCUT2D eigenvalue weighted by atomic mass is 16.5. The van der Waals surface area contributed by atoms with E-state index in [1.165, 1.54) is 10.9 Å². The molecule has 2 aromatic carbocycles. The zero-order valence-corrected chi connectivity index (χ0v) is 13.9. The van der Waals surface area contributed by atoms with Crippen molar-refractivity contribution in [2.45, 2.75) is 19.9 Å². The largest absolute Gasteiger partial charge is 0.484 e. The summed E-state index contributed by atoms with van der Waals surface area (Å²) in [6, 6.07) is 18.1. The smallest absolute Gasteiger partial charge is 0.257 e. The van der Waals surface area contributed by atoms with Crippen molar-refractivity contribution in [1.82, 2.24) is 9.88 Å². The summed E-state index contributed by atoms with van der Waals surface area (Å²) in [5.41, 5.74) is 2.35. The molecule has 0 aliphatic rings. The summed E-state index contributed by atoms with van der Waals surface area (Å²) in [5, 5.41) is 4.14. The number of carbonyl (C=O) groups excluding carboxylic acids is 1. The lowest BCUT2D eigenvalue weighted by molar-refractivity contribution is -0.123. The first-order chi connectivity index (χ1) is 11.7. The van der Waals surface area contributed by atoms with Gasteiger partial charge in [-0.25, -0.2) is 0 Å². The Hall–Kier alpha value is -2.75. The third-order valence-corrected chi connectivity index (χ3v) is 3.94. The zero-order chi connectivity index (χ0) is 16.8. The van der Waals surface area contributed by atoms with Crippen molar-refractivity contribution in [2.75, 3.05) is 13.2 Å². The third kappa shape index (κ3) is 4.16. The Labute approximate surface area is 142 Å². The van der Waals surface area contributed by atoms with Crippen LogP contribution in [0.15, 0.2) is 60.8 Å². The van der Waals surface area contributed by atoms with E-state index < -0.39 is 0 Å². The second-order valence-electron chi connectivity index (χ2n) is 5.88. The number of aromatic nitrogens is 1. The number of rotatable bonds is 7. The zero-order valence-electron chi connectivity index (χ0n) is 13.9. The van der Waals surface area contributed by atoms with Crippen molar-refractivity contribution < 1.29 is 9.53 Å². The van der Waals surface area contributed by atoms with Gasteiger partial charge in [0, 0.05) is 24.8 Å². The van der Waals surface area contributed by atoms with Gasteiger partial charge < -0.3 is 14.6 Å². The fourth-order valence-corrected chi connectivity index (χ4v) is 2.72. The van der Waals surface area contributed by atoms with Crippen LogP contribution in [0.25, 0.3) is 10.9 Å². The molecule has 0 aliphatic carbocycles. The number of nitrogens with zero attached hydrogens (tertiary/aromatic N) is 1. The van der Waals surface area contributed by atoms with Crippen molar-refractivity contribution >= 4 is 16.8 Å². The van der Waals surface area contributed by atoms with E-state index in [1.54, 1.807) is 0 Å². The number of fused-ring (bicyclic) bond motifs is 1. The number of hydrogen-bond donors (Lipinski definition) is 1. The average molecular weight is 322 g/mol. The van der Waals surface area contributed by atoms with Crippen LogP contribution in [0.3, 0.4) is 0 Å². The van der Waals surface area contributed by atoms with Gasteiger partial charge in [0.2, 0.25) is 0 Å². The summed E-state index contributed by atoms with van der Waals surface area (Å²) in [6.45, 7) is 3.57. The first kappa shape index (κ1) is 16.1. The molecule has 4 nitrogen and oxygen atoms in total. The second kappa shape index (κ2) is 7.68. The van der Waals surface area contributed by atoms with Crippen molar-refractivity contribution in [1.29, 1.82) is 0 Å². The molecule has 0 unspecified atom stereocenters. The van der Waals surface area contributed by atoms with Crippen molar-refractivity contribution in [3.05, 3.63) is 66.4 Å². The predicted molar refractivity (Wildman–Crippen MR) is 96.2 cm³/mol. The monoisotopic (exact) mass is 322 g/mol. The minimum atomic E-state index is -0.0890. The van der Waals surface area contributed by atoms with Gasteiger partial charge in [-0.15, -0.1) is 0 Å². The van der Waals surface area contributed by atoms with Crippen molar-refractivity contribution in [3.63, 3.8) is 0 Å². The molecule has 0 spiro atoms. The summed E-state index contributed by atoms with van der Waals surface area (Å²) in [5.74, 6) is 0.637. The maximum absolute atomic E-state index is 11.8. The highest BCUT2D eigenvalue weighted by molar-refractivity contribution is 5.80. The van der Waals surface area contributed by atoms with Crippen LogP contribution in [-0.4, -0.2) is 23.6 Å². The number of benzene rings is 2. The Morgan fingerprint density at radius 3 is 2.88 bits per heavy atom. The van der Waals surface area contributed by atoms with E-state index in [1.807, 2.05) is 43.3 Å². The van der Waals surface area contributed by atoms with E-state index >= 15 is 0 Å². The third-order valence-electron chi connectivity index (χ3n) is 3.94.